The van der Waals surface area contributed by atoms with Crippen LogP contribution in [-0.4, -0.2) is 35.5 Å². The number of hydrogen-bond acceptors (Lipinski definition) is 2. The fourth-order valence-corrected chi connectivity index (χ4v) is 4.09. The maximum atomic E-state index is 2.66. The van der Waals surface area contributed by atoms with Gasteiger partial charge in [0.05, 0.1) is 0 Å². The monoisotopic (exact) mass is 350 g/mol. The normalized spacial score (nSPS) is 17.9. The molecule has 26 heavy (non-hydrogen) atoms. The summed E-state index contributed by atoms with van der Waals surface area (Å²) in [4.78, 5) is 5.29. The molecule has 2 aromatic carbocycles. The first kappa shape index (κ1) is 19.1. The summed E-state index contributed by atoms with van der Waals surface area (Å²) >= 11 is 0. The van der Waals surface area contributed by atoms with Gasteiger partial charge in [-0.3, -0.25) is 4.90 Å². The molecule has 0 spiro atoms. The van der Waals surface area contributed by atoms with Crippen LogP contribution in [0.3, 0.4) is 0 Å². The van der Waals surface area contributed by atoms with Gasteiger partial charge in [0.15, 0.2) is 0 Å². The van der Waals surface area contributed by atoms with Crippen molar-refractivity contribution >= 4 is 0 Å². The smallest absolute Gasteiger partial charge is 0.0237 e. The molecule has 0 radical (unpaired) electrons. The fraction of sp³-hybridized carbons (Fsp3) is 0.500. The standard InChI is InChI=1S/C24H34N2/c1-4-26-16-5-6-24(26)15-17-25(18-22-11-7-20(2)8-12-22)19-23-13-9-21(3)10-14-23/h7-14,24H,4-6,15-19H2,1-3H3. The molecule has 140 valence electrons. The quantitative estimate of drug-likeness (QED) is 0.647. The minimum atomic E-state index is 0.776. The zero-order valence-electron chi connectivity index (χ0n) is 16.7. The molecule has 2 aromatic rings. The van der Waals surface area contributed by atoms with Crippen molar-refractivity contribution in [1.29, 1.82) is 0 Å². The molecule has 1 saturated heterocycles. The molecular weight excluding hydrogens is 316 g/mol. The lowest BCUT2D eigenvalue weighted by Gasteiger charge is -2.28. The second-order valence-corrected chi connectivity index (χ2v) is 7.90. The third kappa shape index (κ3) is 5.43. The topological polar surface area (TPSA) is 6.48 Å². The molecule has 1 unspecified atom stereocenters. The van der Waals surface area contributed by atoms with Crippen molar-refractivity contribution in [1.82, 2.24) is 9.80 Å². The molecular formula is C24H34N2. The van der Waals surface area contributed by atoms with Gasteiger partial charge in [-0.25, -0.2) is 0 Å². The number of nitrogens with zero attached hydrogens (tertiary/aromatic N) is 2. The largest absolute Gasteiger partial charge is 0.301 e. The van der Waals surface area contributed by atoms with Crippen LogP contribution in [0, 0.1) is 13.8 Å². The molecule has 0 aromatic heterocycles. The van der Waals surface area contributed by atoms with Crippen LogP contribution >= 0.6 is 0 Å². The van der Waals surface area contributed by atoms with Crippen LogP contribution in [0.4, 0.5) is 0 Å². The van der Waals surface area contributed by atoms with Gasteiger partial charge in [-0.05, 0) is 57.3 Å². The Morgan fingerprint density at radius 3 is 1.92 bits per heavy atom. The molecule has 1 heterocycles. The van der Waals surface area contributed by atoms with Crippen LogP contribution in [-0.2, 0) is 13.1 Å². The lowest BCUT2D eigenvalue weighted by molar-refractivity contribution is 0.197. The van der Waals surface area contributed by atoms with Crippen molar-refractivity contribution in [3.63, 3.8) is 0 Å². The molecule has 0 saturated carbocycles. The van der Waals surface area contributed by atoms with Gasteiger partial charge >= 0.3 is 0 Å². The van der Waals surface area contributed by atoms with Crippen LogP contribution in [0.15, 0.2) is 48.5 Å². The van der Waals surface area contributed by atoms with Crippen molar-refractivity contribution in [2.75, 3.05) is 19.6 Å². The maximum absolute atomic E-state index is 2.66. The molecule has 2 nitrogen and oxygen atoms in total. The van der Waals surface area contributed by atoms with E-state index >= 15 is 0 Å². The van der Waals surface area contributed by atoms with Gasteiger partial charge in [-0.1, -0.05) is 66.6 Å². The summed E-state index contributed by atoms with van der Waals surface area (Å²) in [6.07, 6.45) is 4.02. The highest BCUT2D eigenvalue weighted by Crippen LogP contribution is 2.21. The molecule has 1 atom stereocenters. The second kappa shape index (κ2) is 9.34. The fourth-order valence-electron chi connectivity index (χ4n) is 4.09. The van der Waals surface area contributed by atoms with E-state index in [0.717, 1.165) is 19.1 Å². The summed E-state index contributed by atoms with van der Waals surface area (Å²) < 4.78 is 0. The highest BCUT2D eigenvalue weighted by Gasteiger charge is 2.23. The van der Waals surface area contributed by atoms with Crippen molar-refractivity contribution < 1.29 is 0 Å². The predicted octanol–water partition coefficient (Wildman–Crippen LogP) is 5.18. The lowest BCUT2D eigenvalue weighted by Crippen LogP contribution is -2.33. The van der Waals surface area contributed by atoms with Crippen LogP contribution in [0.5, 0.6) is 0 Å². The molecule has 0 aliphatic carbocycles. The third-order valence-corrected chi connectivity index (χ3v) is 5.74. The molecule has 1 fully saturated rings. The van der Waals surface area contributed by atoms with Gasteiger partial charge in [0.1, 0.15) is 0 Å². The Hall–Kier alpha value is -1.64. The van der Waals surface area contributed by atoms with E-state index in [2.05, 4.69) is 79.1 Å². The number of likely N-dealkylation sites (tertiary alicyclic amines) is 1. The van der Waals surface area contributed by atoms with Crippen molar-refractivity contribution in [2.24, 2.45) is 0 Å². The van der Waals surface area contributed by atoms with Gasteiger partial charge in [-0.15, -0.1) is 0 Å². The summed E-state index contributed by atoms with van der Waals surface area (Å²) in [5.41, 5.74) is 5.51. The first-order valence-corrected chi connectivity index (χ1v) is 10.2. The van der Waals surface area contributed by atoms with Gasteiger partial charge < -0.3 is 4.90 Å². The highest BCUT2D eigenvalue weighted by molar-refractivity contribution is 5.23. The number of rotatable bonds is 8. The van der Waals surface area contributed by atoms with Crippen LogP contribution < -0.4 is 0 Å². The van der Waals surface area contributed by atoms with Crippen molar-refractivity contribution in [2.45, 2.75) is 59.2 Å². The van der Waals surface area contributed by atoms with Crippen molar-refractivity contribution in [3.05, 3.63) is 70.8 Å². The Labute approximate surface area is 159 Å². The molecule has 1 aliphatic rings. The predicted molar refractivity (Wildman–Crippen MR) is 111 cm³/mol. The number of aryl methyl sites for hydroxylation is 2. The first-order chi connectivity index (χ1) is 12.6. The average molecular weight is 351 g/mol. The van der Waals surface area contributed by atoms with Gasteiger partial charge in [-0.2, -0.15) is 0 Å². The first-order valence-electron chi connectivity index (χ1n) is 10.2. The zero-order valence-corrected chi connectivity index (χ0v) is 16.7. The van der Waals surface area contributed by atoms with Gasteiger partial charge in [0.25, 0.3) is 0 Å². The van der Waals surface area contributed by atoms with Gasteiger partial charge in [0, 0.05) is 25.7 Å². The minimum Gasteiger partial charge on any atom is -0.301 e. The number of benzene rings is 2. The second-order valence-electron chi connectivity index (χ2n) is 7.90. The lowest BCUT2D eigenvalue weighted by atomic mass is 10.1. The summed E-state index contributed by atoms with van der Waals surface area (Å²) in [5.74, 6) is 0. The van der Waals surface area contributed by atoms with E-state index in [1.165, 1.54) is 61.2 Å². The summed E-state index contributed by atoms with van der Waals surface area (Å²) in [6, 6.07) is 18.8. The van der Waals surface area contributed by atoms with Crippen LogP contribution in [0.2, 0.25) is 0 Å². The van der Waals surface area contributed by atoms with Crippen LogP contribution in [0.1, 0.15) is 48.4 Å². The molecule has 0 N–H and O–H groups in total. The number of hydrogen-bond donors (Lipinski definition) is 0. The third-order valence-electron chi connectivity index (χ3n) is 5.74. The molecule has 1 aliphatic heterocycles. The van der Waals surface area contributed by atoms with Gasteiger partial charge in [0.2, 0.25) is 0 Å². The molecule has 3 rings (SSSR count). The van der Waals surface area contributed by atoms with E-state index in [4.69, 9.17) is 0 Å². The molecule has 0 amide bonds. The summed E-state index contributed by atoms with van der Waals surface area (Å²) in [5, 5.41) is 0. The highest BCUT2D eigenvalue weighted by atomic mass is 15.2. The van der Waals surface area contributed by atoms with Crippen molar-refractivity contribution in [3.8, 4) is 0 Å². The minimum absolute atomic E-state index is 0.776. The Kier molecular flexibility index (Phi) is 6.87. The van der Waals surface area contributed by atoms with Crippen LogP contribution in [0.25, 0.3) is 0 Å². The Bertz CT molecular complexity index is 612. The Morgan fingerprint density at radius 2 is 1.42 bits per heavy atom. The van der Waals surface area contributed by atoms with E-state index in [-0.39, 0.29) is 0 Å². The van der Waals surface area contributed by atoms with E-state index in [1.807, 2.05) is 0 Å². The maximum Gasteiger partial charge on any atom is 0.0237 e. The Morgan fingerprint density at radius 1 is 0.885 bits per heavy atom. The summed E-state index contributed by atoms with van der Waals surface area (Å²) in [7, 11) is 0. The average Bonchev–Trinajstić information content (AvgIpc) is 3.11. The summed E-state index contributed by atoms with van der Waals surface area (Å²) in [6.45, 7) is 12.3. The Balaban J connectivity index is 1.65. The zero-order chi connectivity index (χ0) is 18.4. The van der Waals surface area contributed by atoms with E-state index in [0.29, 0.717) is 0 Å². The van der Waals surface area contributed by atoms with E-state index in [1.54, 1.807) is 0 Å². The molecule has 2 heteroatoms. The molecule has 0 bridgehead atoms. The van der Waals surface area contributed by atoms with E-state index < -0.39 is 0 Å². The SMILES string of the molecule is CCN1CCCC1CCN(Cc1ccc(C)cc1)Cc1ccc(C)cc1. The van der Waals surface area contributed by atoms with E-state index in [9.17, 15) is 0 Å².